The van der Waals surface area contributed by atoms with Gasteiger partial charge < -0.3 is 14.6 Å². The van der Waals surface area contributed by atoms with E-state index < -0.39 is 17.7 Å². The number of thiophene rings is 1. The molecule has 110 valence electrons. The van der Waals surface area contributed by atoms with Gasteiger partial charge in [0.05, 0.1) is 7.11 Å². The molecular weight excluding hydrogens is 282 g/mol. The van der Waals surface area contributed by atoms with Crippen molar-refractivity contribution in [3.63, 3.8) is 0 Å². The van der Waals surface area contributed by atoms with E-state index in [1.165, 1.54) is 24.5 Å². The Kier molecular flexibility index (Phi) is 5.15. The minimum absolute atomic E-state index is 0.260. The van der Waals surface area contributed by atoms with Gasteiger partial charge in [-0.15, -0.1) is 0 Å². The highest BCUT2D eigenvalue weighted by molar-refractivity contribution is 7.14. The molecule has 0 aliphatic carbocycles. The summed E-state index contributed by atoms with van der Waals surface area (Å²) in [7, 11) is 1.52. The van der Waals surface area contributed by atoms with Crippen molar-refractivity contribution in [3.8, 4) is 5.06 Å². The van der Waals surface area contributed by atoms with Gasteiger partial charge in [-0.3, -0.25) is 5.32 Å². The molecule has 0 unspecified atom stereocenters. The van der Waals surface area contributed by atoms with E-state index in [0.717, 1.165) is 0 Å². The van der Waals surface area contributed by atoms with Crippen LogP contribution in [0.25, 0.3) is 6.08 Å². The van der Waals surface area contributed by atoms with E-state index in [1.54, 1.807) is 32.9 Å². The van der Waals surface area contributed by atoms with Crippen LogP contribution in [0.4, 0.5) is 4.79 Å². The monoisotopic (exact) mass is 299 g/mol. The largest absolute Gasteiger partial charge is 0.487 e. The second-order valence-corrected chi connectivity index (χ2v) is 5.93. The van der Waals surface area contributed by atoms with Crippen molar-refractivity contribution in [2.45, 2.75) is 26.4 Å². The summed E-state index contributed by atoms with van der Waals surface area (Å²) in [6.07, 6.45) is 0.536. The molecule has 1 aromatic heterocycles. The molecule has 6 nitrogen and oxygen atoms in total. The number of carboxylic acid groups (broad SMARTS) is 1. The topological polar surface area (TPSA) is 84.9 Å². The molecule has 1 heterocycles. The van der Waals surface area contributed by atoms with Crippen molar-refractivity contribution in [2.75, 3.05) is 7.11 Å². The first kappa shape index (κ1) is 16.0. The van der Waals surface area contributed by atoms with Gasteiger partial charge in [-0.1, -0.05) is 11.3 Å². The highest BCUT2D eigenvalue weighted by Crippen LogP contribution is 2.25. The summed E-state index contributed by atoms with van der Waals surface area (Å²) in [6.45, 7) is 5.09. The summed E-state index contributed by atoms with van der Waals surface area (Å²) in [5, 5.41) is 11.9. The standard InChI is InChI=1S/C13H17NO5S/c1-13(2,3)19-12(17)14-9(11(15)16)7-8-5-6-10(18-4)20-8/h5-7H,1-4H3,(H,14,17)(H,15,16)/b9-7-. The molecule has 20 heavy (non-hydrogen) atoms. The van der Waals surface area contributed by atoms with Gasteiger partial charge in [0.1, 0.15) is 11.3 Å². The lowest BCUT2D eigenvalue weighted by atomic mass is 10.2. The molecule has 1 rings (SSSR count). The van der Waals surface area contributed by atoms with Crippen molar-refractivity contribution in [2.24, 2.45) is 0 Å². The number of ether oxygens (including phenoxy) is 2. The van der Waals surface area contributed by atoms with Crippen LogP contribution in [0.3, 0.4) is 0 Å². The highest BCUT2D eigenvalue weighted by Gasteiger charge is 2.19. The van der Waals surface area contributed by atoms with Crippen LogP contribution in [0.2, 0.25) is 0 Å². The molecule has 0 fully saturated rings. The zero-order chi connectivity index (χ0) is 15.3. The number of nitrogens with one attached hydrogen (secondary N) is 1. The Bertz CT molecular complexity index is 527. The summed E-state index contributed by atoms with van der Waals surface area (Å²) in [4.78, 5) is 23.3. The first-order valence-electron chi connectivity index (χ1n) is 5.80. The van der Waals surface area contributed by atoms with Crippen LogP contribution in [0.1, 0.15) is 25.6 Å². The lowest BCUT2D eigenvalue weighted by Crippen LogP contribution is -2.34. The molecule has 0 atom stereocenters. The molecule has 2 N–H and O–H groups in total. The number of carbonyl (C=O) groups excluding carboxylic acids is 1. The molecule has 0 radical (unpaired) electrons. The predicted octanol–water partition coefficient (Wildman–Crippen LogP) is 2.71. The van der Waals surface area contributed by atoms with E-state index in [4.69, 9.17) is 14.6 Å². The van der Waals surface area contributed by atoms with Crippen LogP contribution in [0.15, 0.2) is 17.8 Å². The number of carbonyl (C=O) groups is 2. The number of amides is 1. The number of carboxylic acids is 1. The van der Waals surface area contributed by atoms with Gasteiger partial charge in [-0.05, 0) is 39.0 Å². The fourth-order valence-corrected chi connectivity index (χ4v) is 1.99. The Hall–Kier alpha value is -2.02. The van der Waals surface area contributed by atoms with E-state index in [9.17, 15) is 9.59 Å². The van der Waals surface area contributed by atoms with Gasteiger partial charge >= 0.3 is 12.1 Å². The van der Waals surface area contributed by atoms with Crippen LogP contribution in [-0.2, 0) is 9.53 Å². The Morgan fingerprint density at radius 2 is 2.00 bits per heavy atom. The second-order valence-electron chi connectivity index (χ2n) is 4.85. The summed E-state index contributed by atoms with van der Waals surface area (Å²) >= 11 is 1.26. The number of hydrogen-bond donors (Lipinski definition) is 2. The van der Waals surface area contributed by atoms with Crippen molar-refractivity contribution < 1.29 is 24.2 Å². The fraction of sp³-hybridized carbons (Fsp3) is 0.385. The number of hydrogen-bond acceptors (Lipinski definition) is 5. The van der Waals surface area contributed by atoms with E-state index in [2.05, 4.69) is 5.32 Å². The minimum atomic E-state index is -1.25. The van der Waals surface area contributed by atoms with Crippen LogP contribution in [0.5, 0.6) is 5.06 Å². The van der Waals surface area contributed by atoms with Gasteiger partial charge in [0, 0.05) is 4.88 Å². The predicted molar refractivity (Wildman–Crippen MR) is 75.9 cm³/mol. The lowest BCUT2D eigenvalue weighted by molar-refractivity contribution is -0.133. The molecule has 1 aromatic rings. The number of aliphatic carboxylic acids is 1. The van der Waals surface area contributed by atoms with E-state index in [-0.39, 0.29) is 5.70 Å². The maximum atomic E-state index is 11.6. The Balaban J connectivity index is 2.84. The molecule has 0 aliphatic rings. The summed E-state index contributed by atoms with van der Waals surface area (Å²) < 4.78 is 10.0. The maximum Gasteiger partial charge on any atom is 0.412 e. The third kappa shape index (κ3) is 5.31. The molecule has 0 saturated carbocycles. The molecule has 0 spiro atoms. The van der Waals surface area contributed by atoms with Gasteiger partial charge in [0.25, 0.3) is 0 Å². The van der Waals surface area contributed by atoms with Crippen LogP contribution >= 0.6 is 11.3 Å². The van der Waals surface area contributed by atoms with Gasteiger partial charge in [0.15, 0.2) is 5.06 Å². The number of methoxy groups -OCH3 is 1. The van der Waals surface area contributed by atoms with Crippen LogP contribution in [0, 0.1) is 0 Å². The van der Waals surface area contributed by atoms with E-state index >= 15 is 0 Å². The third-order valence-electron chi connectivity index (χ3n) is 1.96. The average molecular weight is 299 g/mol. The zero-order valence-corrected chi connectivity index (χ0v) is 12.5. The van der Waals surface area contributed by atoms with E-state index in [1.807, 2.05) is 0 Å². The third-order valence-corrected chi connectivity index (χ3v) is 2.95. The van der Waals surface area contributed by atoms with Crippen molar-refractivity contribution in [1.29, 1.82) is 0 Å². The normalized spacial score (nSPS) is 11.9. The molecule has 7 heteroatoms. The Morgan fingerprint density at radius 1 is 1.35 bits per heavy atom. The second kappa shape index (κ2) is 6.42. The van der Waals surface area contributed by atoms with Gasteiger partial charge in [-0.2, -0.15) is 0 Å². The maximum absolute atomic E-state index is 11.6. The first-order valence-corrected chi connectivity index (χ1v) is 6.62. The minimum Gasteiger partial charge on any atom is -0.487 e. The summed E-state index contributed by atoms with van der Waals surface area (Å²) in [6, 6.07) is 3.41. The lowest BCUT2D eigenvalue weighted by Gasteiger charge is -2.19. The number of alkyl carbamates (subject to hydrolysis) is 1. The fourth-order valence-electron chi connectivity index (χ4n) is 1.23. The zero-order valence-electron chi connectivity index (χ0n) is 11.7. The summed E-state index contributed by atoms with van der Waals surface area (Å²) in [5.74, 6) is -1.25. The molecule has 0 aliphatic heterocycles. The molecular formula is C13H17NO5S. The van der Waals surface area contributed by atoms with E-state index in [0.29, 0.717) is 9.94 Å². The molecule has 0 saturated heterocycles. The summed E-state index contributed by atoms with van der Waals surface area (Å²) in [5.41, 5.74) is -0.955. The molecule has 0 aromatic carbocycles. The van der Waals surface area contributed by atoms with Crippen molar-refractivity contribution in [3.05, 3.63) is 22.7 Å². The highest BCUT2D eigenvalue weighted by atomic mass is 32.1. The quantitative estimate of drug-likeness (QED) is 0.835. The average Bonchev–Trinajstić information content (AvgIpc) is 2.73. The molecule has 0 bridgehead atoms. The number of rotatable bonds is 4. The first-order chi connectivity index (χ1) is 9.21. The van der Waals surface area contributed by atoms with Crippen LogP contribution < -0.4 is 10.1 Å². The smallest absolute Gasteiger partial charge is 0.412 e. The van der Waals surface area contributed by atoms with Crippen molar-refractivity contribution in [1.82, 2.24) is 5.32 Å². The van der Waals surface area contributed by atoms with Crippen molar-refractivity contribution >= 4 is 29.5 Å². The van der Waals surface area contributed by atoms with Gasteiger partial charge in [0.2, 0.25) is 0 Å². The van der Waals surface area contributed by atoms with Crippen LogP contribution in [-0.4, -0.2) is 29.9 Å². The Labute approximate surface area is 121 Å². The van der Waals surface area contributed by atoms with Gasteiger partial charge in [-0.25, -0.2) is 9.59 Å². The molecule has 1 amide bonds. The SMILES string of the molecule is COc1ccc(/C=C(\NC(=O)OC(C)(C)C)C(=O)O)s1. The Morgan fingerprint density at radius 3 is 2.45 bits per heavy atom.